The van der Waals surface area contributed by atoms with Crippen molar-refractivity contribution in [3.63, 3.8) is 0 Å². The van der Waals surface area contributed by atoms with Crippen LogP contribution in [0.4, 0.5) is 0 Å². The first-order valence-electron chi connectivity index (χ1n) is 3.65. The maximum Gasteiger partial charge on any atom is 3.00 e. The Morgan fingerprint density at radius 1 is 1.00 bits per heavy atom. The zero-order chi connectivity index (χ0) is 7.61. The van der Waals surface area contributed by atoms with Crippen LogP contribution in [-0.2, 0) is 26.2 Å². The molecule has 0 unspecified atom stereocenters. The molecule has 1 nitrogen and oxygen atoms in total. The molecule has 0 aromatic heterocycles. The minimum atomic E-state index is 0. The van der Waals surface area contributed by atoms with Crippen molar-refractivity contribution in [3.8, 4) is 0 Å². The average Bonchev–Trinajstić information content (AvgIpc) is 2.12. The van der Waals surface area contributed by atoms with Crippen LogP contribution in [0.25, 0.3) is 5.32 Å². The molecule has 73 valence electrons. The van der Waals surface area contributed by atoms with Crippen molar-refractivity contribution < 1.29 is 51.0 Å². The van der Waals surface area contributed by atoms with Crippen LogP contribution in [0, 0.1) is 0 Å². The Morgan fingerprint density at radius 2 is 1.38 bits per heavy atom. The van der Waals surface area contributed by atoms with Gasteiger partial charge in [0.2, 0.25) is 0 Å². The number of hydrogen-bond acceptors (Lipinski definition) is 0. The molecule has 13 heavy (non-hydrogen) atoms. The second-order valence-electron chi connectivity index (χ2n) is 3.56. The van der Waals surface area contributed by atoms with Crippen LogP contribution < -0.4 is 24.8 Å². The summed E-state index contributed by atoms with van der Waals surface area (Å²) in [6, 6.07) is 0.319. The zero-order valence-electron chi connectivity index (χ0n) is 8.09. The molecule has 0 aromatic carbocycles. The van der Waals surface area contributed by atoms with Crippen molar-refractivity contribution in [3.05, 3.63) is 29.6 Å². The molecule has 0 aliphatic heterocycles. The van der Waals surface area contributed by atoms with Crippen molar-refractivity contribution in [1.82, 2.24) is 0 Å². The Kier molecular flexibility index (Phi) is 12.3. The topological polar surface area (TPSA) is 14.1 Å². The molecule has 0 atom stereocenters. The van der Waals surface area contributed by atoms with Gasteiger partial charge in [-0.25, -0.2) is 0 Å². The third-order valence-electron chi connectivity index (χ3n) is 1.26. The van der Waals surface area contributed by atoms with Crippen LogP contribution in [0.3, 0.4) is 0 Å². The zero-order valence-corrected chi connectivity index (χ0v) is 12.1. The van der Waals surface area contributed by atoms with E-state index in [4.69, 9.17) is 0 Å². The monoisotopic (exact) mass is 296 g/mol. The van der Waals surface area contributed by atoms with E-state index in [1.807, 2.05) is 12.2 Å². The first-order chi connectivity index (χ1) is 4.58. The molecule has 0 saturated heterocycles. The van der Waals surface area contributed by atoms with Crippen LogP contribution in [0.15, 0.2) is 24.3 Å². The number of rotatable bonds is 1. The minimum absolute atomic E-state index is 0. The normalized spacial score (nSPS) is 14.4. The molecule has 1 radical (unpaired) electrons. The van der Waals surface area contributed by atoms with Gasteiger partial charge in [-0.3, -0.25) is 0 Å². The molecule has 0 aromatic rings. The van der Waals surface area contributed by atoms with Gasteiger partial charge in [0.1, 0.15) is 0 Å². The van der Waals surface area contributed by atoms with E-state index >= 15 is 0 Å². The second kappa shape index (κ2) is 8.23. The molecule has 0 bridgehead atoms. The van der Waals surface area contributed by atoms with Gasteiger partial charge < -0.3 is 30.1 Å². The molecular formula is C9H14Cl2NZr. The Labute approximate surface area is 112 Å². The van der Waals surface area contributed by atoms with Gasteiger partial charge in [0.05, 0.1) is 0 Å². The largest absolute Gasteiger partial charge is 3.00 e. The second-order valence-corrected chi connectivity index (χ2v) is 3.56. The van der Waals surface area contributed by atoms with Gasteiger partial charge in [0, 0.05) is 0 Å². The van der Waals surface area contributed by atoms with Gasteiger partial charge in [0.15, 0.2) is 0 Å². The standard InChI is InChI=1S/C9H14N.2ClH.Zr/c1-9(2,3)10-8-6-4-5-7-8;;;/h4-8H,1-3H3;2*1H;/q-1;;;+3/p-2. The Bertz CT molecular complexity index is 161. The molecule has 0 saturated carbocycles. The van der Waals surface area contributed by atoms with Crippen molar-refractivity contribution in [2.24, 2.45) is 0 Å². The molecule has 1 aliphatic carbocycles. The molecule has 0 amide bonds. The number of nitrogens with zero attached hydrogens (tertiary/aromatic N) is 1. The molecule has 0 fully saturated rings. The maximum atomic E-state index is 4.53. The number of allylic oxidation sites excluding steroid dienone is 2. The van der Waals surface area contributed by atoms with Crippen LogP contribution >= 0.6 is 0 Å². The summed E-state index contributed by atoms with van der Waals surface area (Å²) in [7, 11) is 0. The van der Waals surface area contributed by atoms with Gasteiger partial charge in [-0.1, -0.05) is 51.1 Å². The molecule has 1 aliphatic rings. The van der Waals surface area contributed by atoms with Gasteiger partial charge in [-0.15, -0.1) is 5.54 Å². The van der Waals surface area contributed by atoms with Gasteiger partial charge >= 0.3 is 26.2 Å². The summed E-state index contributed by atoms with van der Waals surface area (Å²) < 4.78 is 0. The third kappa shape index (κ3) is 9.21. The van der Waals surface area contributed by atoms with E-state index < -0.39 is 0 Å². The first-order valence-corrected chi connectivity index (χ1v) is 3.65. The predicted octanol–water partition coefficient (Wildman–Crippen LogP) is -3.34. The van der Waals surface area contributed by atoms with E-state index in [1.54, 1.807) is 0 Å². The average molecular weight is 298 g/mol. The fraction of sp³-hybridized carbons (Fsp3) is 0.556. The van der Waals surface area contributed by atoms with E-state index in [0.29, 0.717) is 6.04 Å². The molecule has 4 heteroatoms. The van der Waals surface area contributed by atoms with E-state index in [9.17, 15) is 0 Å². The van der Waals surface area contributed by atoms with Gasteiger partial charge in [-0.2, -0.15) is 0 Å². The van der Waals surface area contributed by atoms with E-state index in [0.717, 1.165) is 0 Å². The summed E-state index contributed by atoms with van der Waals surface area (Å²) >= 11 is 0. The maximum absolute atomic E-state index is 4.53. The molecular weight excluding hydrogens is 284 g/mol. The van der Waals surface area contributed by atoms with Crippen LogP contribution in [0.1, 0.15) is 20.8 Å². The van der Waals surface area contributed by atoms with Gasteiger partial charge in [-0.05, 0) is 0 Å². The fourth-order valence-electron chi connectivity index (χ4n) is 0.953. The summed E-state index contributed by atoms with van der Waals surface area (Å²) in [5, 5.41) is 4.53. The van der Waals surface area contributed by atoms with Crippen LogP contribution in [0.2, 0.25) is 0 Å². The number of hydrogen-bond donors (Lipinski definition) is 0. The minimum Gasteiger partial charge on any atom is -1.00 e. The van der Waals surface area contributed by atoms with E-state index in [1.165, 1.54) is 0 Å². The Hall–Kier alpha value is 0.903. The predicted molar refractivity (Wildman–Crippen MR) is 45.2 cm³/mol. The smallest absolute Gasteiger partial charge is 1.00 e. The first kappa shape index (κ1) is 19.5. The quantitative estimate of drug-likeness (QED) is 0.481. The fourth-order valence-corrected chi connectivity index (χ4v) is 0.953. The molecule has 0 spiro atoms. The summed E-state index contributed by atoms with van der Waals surface area (Å²) in [5.74, 6) is 0. The summed E-state index contributed by atoms with van der Waals surface area (Å²) in [6.45, 7) is 6.35. The third-order valence-corrected chi connectivity index (χ3v) is 1.26. The summed E-state index contributed by atoms with van der Waals surface area (Å²) in [6.07, 6.45) is 8.29. The van der Waals surface area contributed by atoms with Gasteiger partial charge in [0.25, 0.3) is 0 Å². The van der Waals surface area contributed by atoms with Crippen molar-refractivity contribution >= 4 is 0 Å². The Balaban J connectivity index is -0.000000333. The van der Waals surface area contributed by atoms with Crippen LogP contribution in [0.5, 0.6) is 0 Å². The number of halogens is 2. The molecule has 0 N–H and O–H groups in total. The summed E-state index contributed by atoms with van der Waals surface area (Å²) in [4.78, 5) is 0. The van der Waals surface area contributed by atoms with Crippen molar-refractivity contribution in [1.29, 1.82) is 0 Å². The van der Waals surface area contributed by atoms with Crippen molar-refractivity contribution in [2.75, 3.05) is 0 Å². The Morgan fingerprint density at radius 3 is 1.69 bits per heavy atom. The van der Waals surface area contributed by atoms with E-state index in [-0.39, 0.29) is 56.6 Å². The molecule has 1 rings (SSSR count). The molecule has 0 heterocycles. The van der Waals surface area contributed by atoms with Crippen LogP contribution in [-0.4, -0.2) is 11.6 Å². The van der Waals surface area contributed by atoms with E-state index in [2.05, 4.69) is 38.2 Å². The SMILES string of the molecule is CC(C)(C)[N-]C1C=CC=C1.[Cl-].[Cl-].[Zr+3]. The van der Waals surface area contributed by atoms with Crippen molar-refractivity contribution in [2.45, 2.75) is 32.4 Å². The summed E-state index contributed by atoms with van der Waals surface area (Å²) in [5.41, 5.74) is 0.0870.